The van der Waals surface area contributed by atoms with Crippen LogP contribution in [0, 0.1) is 6.92 Å². The second-order valence-corrected chi connectivity index (χ2v) is 10.2. The molecule has 40 heavy (non-hydrogen) atoms. The summed E-state index contributed by atoms with van der Waals surface area (Å²) < 4.78 is 18.0. The Hall–Kier alpha value is -4.37. The van der Waals surface area contributed by atoms with Gasteiger partial charge < -0.3 is 19.3 Å². The number of thiazole rings is 1. The summed E-state index contributed by atoms with van der Waals surface area (Å²) in [5.41, 5.74) is 2.67. The van der Waals surface area contributed by atoms with Gasteiger partial charge in [0.1, 0.15) is 11.5 Å². The van der Waals surface area contributed by atoms with Crippen molar-refractivity contribution >= 4 is 44.1 Å². The molecule has 0 spiro atoms. The fourth-order valence-electron chi connectivity index (χ4n) is 4.70. The topological polar surface area (TPSA) is 98.2 Å². The number of rotatable bonds is 9. The molecule has 1 fully saturated rings. The first-order valence-electron chi connectivity index (χ1n) is 13.2. The van der Waals surface area contributed by atoms with Gasteiger partial charge in [-0.05, 0) is 63.6 Å². The van der Waals surface area contributed by atoms with Crippen molar-refractivity contribution in [3.05, 3.63) is 82.9 Å². The average molecular weight is 559 g/mol. The zero-order chi connectivity index (χ0) is 28.4. The smallest absolute Gasteiger partial charge is 0.301 e. The van der Waals surface area contributed by atoms with E-state index in [2.05, 4.69) is 0 Å². The Bertz CT molecular complexity index is 1610. The quantitative estimate of drug-likeness (QED) is 0.144. The summed E-state index contributed by atoms with van der Waals surface area (Å²) in [6.07, 6.45) is 0. The number of ketones is 1. The molecule has 0 bridgehead atoms. The Balaban J connectivity index is 1.71. The van der Waals surface area contributed by atoms with Crippen LogP contribution in [-0.4, -0.2) is 41.6 Å². The highest BCUT2D eigenvalue weighted by molar-refractivity contribution is 7.22. The van der Waals surface area contributed by atoms with Crippen molar-refractivity contribution in [3.63, 3.8) is 0 Å². The number of Topliss-reactive ketones (excluding diaryl/α,β-unsaturated/α-hetero) is 1. The summed E-state index contributed by atoms with van der Waals surface area (Å²) in [4.78, 5) is 33.3. The van der Waals surface area contributed by atoms with Gasteiger partial charge in [-0.2, -0.15) is 0 Å². The highest BCUT2D eigenvalue weighted by Gasteiger charge is 2.48. The van der Waals surface area contributed by atoms with E-state index in [4.69, 9.17) is 19.2 Å². The zero-order valence-electron chi connectivity index (χ0n) is 22.8. The number of benzene rings is 3. The fourth-order valence-corrected chi connectivity index (χ4v) is 5.72. The third-order valence-electron chi connectivity index (χ3n) is 6.52. The van der Waals surface area contributed by atoms with Crippen LogP contribution in [0.2, 0.25) is 0 Å². The van der Waals surface area contributed by atoms with Crippen LogP contribution in [0.25, 0.3) is 16.0 Å². The molecule has 8 nitrogen and oxygen atoms in total. The minimum Gasteiger partial charge on any atom is -0.507 e. The van der Waals surface area contributed by atoms with E-state index in [1.165, 1.54) is 16.2 Å². The zero-order valence-corrected chi connectivity index (χ0v) is 23.6. The molecular weight excluding hydrogens is 528 g/mol. The van der Waals surface area contributed by atoms with Crippen molar-refractivity contribution < 1.29 is 28.9 Å². The van der Waals surface area contributed by atoms with Crippen LogP contribution in [0.1, 0.15) is 43.5 Å². The van der Waals surface area contributed by atoms with Crippen LogP contribution >= 0.6 is 11.3 Å². The second-order valence-electron chi connectivity index (χ2n) is 9.17. The van der Waals surface area contributed by atoms with Gasteiger partial charge in [0.25, 0.3) is 5.78 Å². The summed E-state index contributed by atoms with van der Waals surface area (Å²) in [6.45, 7) is 8.94. The Morgan fingerprint density at radius 1 is 0.900 bits per heavy atom. The molecule has 1 saturated heterocycles. The van der Waals surface area contributed by atoms with Crippen LogP contribution in [0.5, 0.6) is 17.2 Å². The number of carbonyl (C=O) groups is 2. The van der Waals surface area contributed by atoms with E-state index in [-0.39, 0.29) is 11.3 Å². The molecule has 1 aromatic heterocycles. The number of anilines is 1. The first kappa shape index (κ1) is 27.2. The van der Waals surface area contributed by atoms with E-state index in [9.17, 15) is 14.7 Å². The van der Waals surface area contributed by atoms with Crippen molar-refractivity contribution in [2.45, 2.75) is 33.7 Å². The molecule has 3 aromatic carbocycles. The molecule has 1 aliphatic heterocycles. The molecule has 0 aliphatic carbocycles. The van der Waals surface area contributed by atoms with Gasteiger partial charge in [0, 0.05) is 5.56 Å². The number of aliphatic hydroxyl groups is 1. The van der Waals surface area contributed by atoms with E-state index in [1.54, 1.807) is 30.3 Å². The maximum Gasteiger partial charge on any atom is 0.301 e. The van der Waals surface area contributed by atoms with Gasteiger partial charge in [-0.15, -0.1) is 0 Å². The fraction of sp³-hybridized carbons (Fsp3) is 0.258. The normalized spacial score (nSPS) is 16.5. The predicted molar refractivity (Wildman–Crippen MR) is 156 cm³/mol. The van der Waals surface area contributed by atoms with Crippen LogP contribution < -0.4 is 19.1 Å². The van der Waals surface area contributed by atoms with Gasteiger partial charge in [0.15, 0.2) is 16.6 Å². The Morgan fingerprint density at radius 2 is 1.60 bits per heavy atom. The lowest BCUT2D eigenvalue weighted by atomic mass is 9.95. The lowest BCUT2D eigenvalue weighted by molar-refractivity contribution is -0.132. The number of ether oxygens (including phenoxy) is 3. The standard InChI is InChI=1S/C31H30N2O6S/c1-5-37-21-13-14-22-25(17-21)40-31(32-22)33-27(20-12-15-23(38-6-2)24(16-20)39-7-3)26(29(35)30(33)36)28(34)19-10-8-18(4)9-11-19/h8-17,27,34H,5-7H2,1-4H3. The van der Waals surface area contributed by atoms with Gasteiger partial charge in [-0.3, -0.25) is 14.5 Å². The summed E-state index contributed by atoms with van der Waals surface area (Å²) in [7, 11) is 0. The van der Waals surface area contributed by atoms with Gasteiger partial charge in [0.2, 0.25) is 0 Å². The lowest BCUT2D eigenvalue weighted by Gasteiger charge is -2.24. The van der Waals surface area contributed by atoms with Crippen molar-refractivity contribution in [1.29, 1.82) is 0 Å². The number of nitrogens with zero attached hydrogens (tertiary/aromatic N) is 2. The number of aliphatic hydroxyl groups excluding tert-OH is 1. The Morgan fingerprint density at radius 3 is 2.30 bits per heavy atom. The molecule has 1 N–H and O–H groups in total. The number of hydrogen-bond donors (Lipinski definition) is 1. The number of aromatic nitrogens is 1. The second kappa shape index (κ2) is 11.4. The molecule has 1 aliphatic rings. The summed E-state index contributed by atoms with van der Waals surface area (Å²) in [5.74, 6) is -0.0901. The Labute approximate surface area is 236 Å². The highest BCUT2D eigenvalue weighted by Crippen LogP contribution is 2.46. The van der Waals surface area contributed by atoms with Crippen molar-refractivity contribution in [2.24, 2.45) is 0 Å². The third kappa shape index (κ3) is 5.00. The lowest BCUT2D eigenvalue weighted by Crippen LogP contribution is -2.29. The number of aryl methyl sites for hydroxylation is 1. The van der Waals surface area contributed by atoms with Crippen molar-refractivity contribution in [2.75, 3.05) is 24.7 Å². The molecule has 1 amide bonds. The highest BCUT2D eigenvalue weighted by atomic mass is 32.1. The molecule has 9 heteroatoms. The molecule has 4 aromatic rings. The molecular formula is C31H30N2O6S. The van der Waals surface area contributed by atoms with Gasteiger partial charge in [0.05, 0.1) is 41.7 Å². The largest absolute Gasteiger partial charge is 0.507 e. The molecule has 1 atom stereocenters. The van der Waals surface area contributed by atoms with E-state index in [0.29, 0.717) is 58.8 Å². The molecule has 5 rings (SSSR count). The monoisotopic (exact) mass is 558 g/mol. The van der Waals surface area contributed by atoms with Crippen LogP contribution in [0.4, 0.5) is 5.13 Å². The van der Waals surface area contributed by atoms with E-state index in [0.717, 1.165) is 10.3 Å². The van der Waals surface area contributed by atoms with Gasteiger partial charge in [-0.25, -0.2) is 4.98 Å². The minimum atomic E-state index is -0.942. The summed E-state index contributed by atoms with van der Waals surface area (Å²) in [5, 5.41) is 11.8. The molecule has 1 unspecified atom stereocenters. The number of fused-ring (bicyclic) bond motifs is 1. The predicted octanol–water partition coefficient (Wildman–Crippen LogP) is 6.43. The van der Waals surface area contributed by atoms with Gasteiger partial charge >= 0.3 is 5.91 Å². The van der Waals surface area contributed by atoms with Crippen molar-refractivity contribution in [1.82, 2.24) is 4.98 Å². The van der Waals surface area contributed by atoms with E-state index < -0.39 is 17.7 Å². The molecule has 0 radical (unpaired) electrons. The number of carbonyl (C=O) groups excluding carboxylic acids is 2. The maximum absolute atomic E-state index is 13.6. The maximum atomic E-state index is 13.6. The van der Waals surface area contributed by atoms with Crippen molar-refractivity contribution in [3.8, 4) is 17.2 Å². The number of amides is 1. The Kier molecular flexibility index (Phi) is 7.75. The average Bonchev–Trinajstić information content (AvgIpc) is 3.48. The summed E-state index contributed by atoms with van der Waals surface area (Å²) in [6, 6.07) is 17.0. The molecule has 206 valence electrons. The third-order valence-corrected chi connectivity index (χ3v) is 7.54. The first-order valence-corrected chi connectivity index (χ1v) is 14.0. The summed E-state index contributed by atoms with van der Waals surface area (Å²) >= 11 is 1.28. The molecule has 0 saturated carbocycles. The van der Waals surface area contributed by atoms with Crippen LogP contribution in [-0.2, 0) is 9.59 Å². The van der Waals surface area contributed by atoms with Crippen LogP contribution in [0.3, 0.4) is 0 Å². The van der Waals surface area contributed by atoms with Gasteiger partial charge in [-0.1, -0.05) is 47.2 Å². The van der Waals surface area contributed by atoms with E-state index >= 15 is 0 Å². The van der Waals surface area contributed by atoms with Crippen LogP contribution in [0.15, 0.2) is 66.2 Å². The minimum absolute atomic E-state index is 0.0188. The van der Waals surface area contributed by atoms with E-state index in [1.807, 2.05) is 58.0 Å². The number of hydrogen-bond acceptors (Lipinski definition) is 8. The first-order chi connectivity index (χ1) is 19.4. The SMILES string of the molecule is CCOc1ccc2nc(N3C(=O)C(=O)C(=C(O)c4ccc(C)cc4)C3c3ccc(OCC)c(OCC)c3)sc2c1. The molecule has 2 heterocycles.